The fraction of sp³-hybridized carbons (Fsp3) is 0.857. The predicted octanol–water partition coefficient (Wildman–Crippen LogP) is 1.48. The fourth-order valence-electron chi connectivity index (χ4n) is 0.786. The van der Waals surface area contributed by atoms with Gasteiger partial charge in [0.15, 0.2) is 0 Å². The van der Waals surface area contributed by atoms with Gasteiger partial charge in [0, 0.05) is 13.0 Å². The Kier molecular flexibility index (Phi) is 5.64. The van der Waals surface area contributed by atoms with Gasteiger partial charge >= 0.3 is 0 Å². The van der Waals surface area contributed by atoms with Crippen LogP contribution in [0, 0.1) is 0 Å². The first kappa shape index (κ1) is 9.92. The maximum atomic E-state index is 10.3. The Morgan fingerprint density at radius 1 is 1.40 bits per heavy atom. The van der Waals surface area contributed by atoms with Crippen LogP contribution in [0.1, 0.15) is 20.3 Å². The summed E-state index contributed by atoms with van der Waals surface area (Å²) in [6.07, 6.45) is 0.462. The molecule has 0 radical (unpaired) electrons. The van der Waals surface area contributed by atoms with Crippen molar-refractivity contribution in [3.63, 3.8) is 0 Å². The molecule has 0 aliphatic carbocycles. The van der Waals surface area contributed by atoms with Crippen molar-refractivity contribution in [2.24, 2.45) is 0 Å². The lowest BCUT2D eigenvalue weighted by molar-refractivity contribution is -0.111. The maximum absolute atomic E-state index is 10.3. The molecule has 0 aromatic heterocycles. The van der Waals surface area contributed by atoms with Crippen molar-refractivity contribution in [1.82, 2.24) is 4.90 Å². The molecular weight excluding hydrogens is 150 g/mol. The highest BCUT2D eigenvalue weighted by molar-refractivity contribution is 6.63. The van der Waals surface area contributed by atoms with Crippen LogP contribution >= 0.6 is 11.6 Å². The summed E-state index contributed by atoms with van der Waals surface area (Å²) in [4.78, 5) is 12.5. The van der Waals surface area contributed by atoms with E-state index in [0.717, 1.165) is 19.6 Å². The van der Waals surface area contributed by atoms with Gasteiger partial charge in [0.1, 0.15) is 0 Å². The largest absolute Gasteiger partial charge is 0.303 e. The Morgan fingerprint density at radius 3 is 2.20 bits per heavy atom. The lowest BCUT2D eigenvalue weighted by atomic mass is 10.4. The summed E-state index contributed by atoms with van der Waals surface area (Å²) >= 11 is 5.17. The van der Waals surface area contributed by atoms with E-state index < -0.39 is 0 Å². The molecule has 60 valence electrons. The Morgan fingerprint density at radius 2 is 1.90 bits per heavy atom. The Hall–Kier alpha value is -0.0800. The summed E-state index contributed by atoms with van der Waals surface area (Å²) < 4.78 is 0. The minimum absolute atomic E-state index is 0.244. The van der Waals surface area contributed by atoms with E-state index in [-0.39, 0.29) is 5.24 Å². The first-order valence-corrected chi connectivity index (χ1v) is 3.99. The molecule has 3 heteroatoms. The highest BCUT2D eigenvalue weighted by Crippen LogP contribution is 1.93. The molecule has 10 heavy (non-hydrogen) atoms. The van der Waals surface area contributed by atoms with Gasteiger partial charge in [0.05, 0.1) is 0 Å². The number of rotatable bonds is 5. The van der Waals surface area contributed by atoms with Crippen molar-refractivity contribution in [3.05, 3.63) is 0 Å². The predicted molar refractivity (Wildman–Crippen MR) is 43.3 cm³/mol. The molecule has 0 spiro atoms. The molecule has 0 aliphatic rings. The highest BCUT2D eigenvalue weighted by atomic mass is 35.5. The van der Waals surface area contributed by atoms with E-state index in [4.69, 9.17) is 11.6 Å². The van der Waals surface area contributed by atoms with Gasteiger partial charge in [-0.1, -0.05) is 13.8 Å². The van der Waals surface area contributed by atoms with Crippen LogP contribution in [0.3, 0.4) is 0 Å². The van der Waals surface area contributed by atoms with Gasteiger partial charge in [-0.2, -0.15) is 0 Å². The van der Waals surface area contributed by atoms with Gasteiger partial charge < -0.3 is 4.90 Å². The second kappa shape index (κ2) is 5.69. The van der Waals surface area contributed by atoms with E-state index in [2.05, 4.69) is 18.7 Å². The molecule has 0 heterocycles. The minimum Gasteiger partial charge on any atom is -0.303 e. The van der Waals surface area contributed by atoms with Gasteiger partial charge in [-0.3, -0.25) is 4.79 Å². The molecule has 2 nitrogen and oxygen atoms in total. The normalized spacial score (nSPS) is 10.4. The van der Waals surface area contributed by atoms with Crippen molar-refractivity contribution >= 4 is 16.8 Å². The Bertz CT molecular complexity index is 102. The second-order valence-electron chi connectivity index (χ2n) is 2.13. The number of nitrogens with zero attached hydrogens (tertiary/aromatic N) is 1. The van der Waals surface area contributed by atoms with Crippen molar-refractivity contribution in [2.45, 2.75) is 20.3 Å². The molecule has 0 amide bonds. The molecule has 0 unspecified atom stereocenters. The quantitative estimate of drug-likeness (QED) is 0.573. The summed E-state index contributed by atoms with van der Waals surface area (Å²) in [5, 5.41) is -0.244. The second-order valence-corrected chi connectivity index (χ2v) is 2.55. The molecule has 0 fully saturated rings. The Balaban J connectivity index is 3.34. The Labute approximate surface area is 67.2 Å². The molecular formula is C7H14ClNO. The average molecular weight is 164 g/mol. The van der Waals surface area contributed by atoms with Crippen LogP contribution < -0.4 is 0 Å². The molecule has 0 atom stereocenters. The highest BCUT2D eigenvalue weighted by Gasteiger charge is 2.00. The first-order valence-electron chi connectivity index (χ1n) is 3.61. The summed E-state index contributed by atoms with van der Waals surface area (Å²) in [6, 6.07) is 0. The first-order chi connectivity index (χ1) is 4.70. The monoisotopic (exact) mass is 163 g/mol. The number of hydrogen-bond acceptors (Lipinski definition) is 2. The molecule has 0 aromatic carbocycles. The summed E-state index contributed by atoms with van der Waals surface area (Å²) in [5.74, 6) is 0. The zero-order chi connectivity index (χ0) is 7.98. The van der Waals surface area contributed by atoms with E-state index in [1.807, 2.05) is 0 Å². The van der Waals surface area contributed by atoms with Crippen molar-refractivity contribution in [1.29, 1.82) is 0 Å². The number of carbonyl (C=O) groups is 1. The topological polar surface area (TPSA) is 20.3 Å². The molecule has 0 saturated heterocycles. The molecule has 0 rings (SSSR count). The van der Waals surface area contributed by atoms with Gasteiger partial charge in [0.25, 0.3) is 0 Å². The minimum atomic E-state index is -0.244. The van der Waals surface area contributed by atoms with Gasteiger partial charge in [-0.25, -0.2) is 0 Å². The van der Waals surface area contributed by atoms with E-state index in [1.165, 1.54) is 0 Å². The summed E-state index contributed by atoms with van der Waals surface area (Å²) in [5.41, 5.74) is 0. The van der Waals surface area contributed by atoms with Crippen molar-refractivity contribution in [3.8, 4) is 0 Å². The third-order valence-electron chi connectivity index (χ3n) is 1.52. The van der Waals surface area contributed by atoms with Gasteiger partial charge in [0.2, 0.25) is 5.24 Å². The number of hydrogen-bond donors (Lipinski definition) is 0. The van der Waals surface area contributed by atoms with E-state index >= 15 is 0 Å². The zero-order valence-corrected chi connectivity index (χ0v) is 7.32. The third-order valence-corrected chi connectivity index (χ3v) is 1.71. The van der Waals surface area contributed by atoms with Gasteiger partial charge in [-0.05, 0) is 24.7 Å². The maximum Gasteiger partial charge on any atom is 0.222 e. The van der Waals surface area contributed by atoms with Crippen LogP contribution in [-0.2, 0) is 4.79 Å². The van der Waals surface area contributed by atoms with E-state index in [1.54, 1.807) is 0 Å². The van der Waals surface area contributed by atoms with Crippen LogP contribution in [0.2, 0.25) is 0 Å². The van der Waals surface area contributed by atoms with E-state index in [0.29, 0.717) is 6.42 Å². The molecule has 0 aromatic rings. The van der Waals surface area contributed by atoms with Crippen molar-refractivity contribution in [2.75, 3.05) is 19.6 Å². The lowest BCUT2D eigenvalue weighted by Crippen LogP contribution is -2.24. The van der Waals surface area contributed by atoms with Gasteiger partial charge in [-0.15, -0.1) is 0 Å². The smallest absolute Gasteiger partial charge is 0.222 e. The van der Waals surface area contributed by atoms with Crippen LogP contribution in [0.4, 0.5) is 0 Å². The van der Waals surface area contributed by atoms with Crippen LogP contribution in [0.5, 0.6) is 0 Å². The molecule has 0 saturated carbocycles. The summed E-state index contributed by atoms with van der Waals surface area (Å²) in [7, 11) is 0. The lowest BCUT2D eigenvalue weighted by Gasteiger charge is -2.15. The number of halogens is 1. The van der Waals surface area contributed by atoms with Crippen LogP contribution in [0.15, 0.2) is 0 Å². The third kappa shape index (κ3) is 4.77. The van der Waals surface area contributed by atoms with Crippen LogP contribution in [-0.4, -0.2) is 29.8 Å². The molecule has 0 N–H and O–H groups in total. The standard InChI is InChI=1S/C7H14ClNO/c1-3-9(4-2)6-5-7(8)10/h3-6H2,1-2H3. The zero-order valence-electron chi connectivity index (χ0n) is 6.56. The number of carbonyl (C=O) groups excluding carboxylic acids is 1. The van der Waals surface area contributed by atoms with Crippen LogP contribution in [0.25, 0.3) is 0 Å². The molecule has 0 bridgehead atoms. The van der Waals surface area contributed by atoms with E-state index in [9.17, 15) is 4.79 Å². The molecule has 0 aliphatic heterocycles. The van der Waals surface area contributed by atoms with Crippen molar-refractivity contribution < 1.29 is 4.79 Å². The average Bonchev–Trinajstić information content (AvgIpc) is 1.90. The SMILES string of the molecule is CCN(CC)CCC(=O)Cl. The summed E-state index contributed by atoms with van der Waals surface area (Å²) in [6.45, 7) is 6.90. The fourth-order valence-corrected chi connectivity index (χ4v) is 0.870.